The van der Waals surface area contributed by atoms with Gasteiger partial charge in [-0.2, -0.15) is 13.2 Å². The minimum Gasteiger partial charge on any atom is -0.356 e. The summed E-state index contributed by atoms with van der Waals surface area (Å²) in [6.07, 6.45) is -1.83. The Bertz CT molecular complexity index is 791. The Morgan fingerprint density at radius 3 is 2.15 bits per heavy atom. The highest BCUT2D eigenvalue weighted by atomic mass is 19.4. The van der Waals surface area contributed by atoms with Crippen molar-refractivity contribution < 1.29 is 13.2 Å². The van der Waals surface area contributed by atoms with Crippen molar-refractivity contribution in [1.82, 2.24) is 15.0 Å². The standard InChI is InChI=1S/C18H20F3N5/c1-11-12(2)23-10-24-17(11)26-8-13-6-25(7-14(13)9-26)16-4-3-15(5-22-16)18(19,20)21/h3-5,10,13-14H,6-9H2,1-2H3. The molecule has 8 heteroatoms. The molecule has 0 aliphatic carbocycles. The van der Waals surface area contributed by atoms with E-state index in [0.717, 1.165) is 55.5 Å². The van der Waals surface area contributed by atoms with E-state index in [4.69, 9.17) is 0 Å². The van der Waals surface area contributed by atoms with Crippen molar-refractivity contribution in [2.24, 2.45) is 11.8 Å². The second-order valence-electron chi connectivity index (χ2n) is 7.14. The van der Waals surface area contributed by atoms with E-state index in [1.54, 1.807) is 6.33 Å². The molecule has 0 saturated carbocycles. The summed E-state index contributed by atoms with van der Waals surface area (Å²) in [6, 6.07) is 2.58. The van der Waals surface area contributed by atoms with E-state index in [0.29, 0.717) is 17.7 Å². The van der Waals surface area contributed by atoms with Crippen molar-refractivity contribution in [2.45, 2.75) is 20.0 Å². The molecule has 2 atom stereocenters. The van der Waals surface area contributed by atoms with Gasteiger partial charge in [-0.25, -0.2) is 15.0 Å². The zero-order valence-electron chi connectivity index (χ0n) is 14.7. The number of aromatic nitrogens is 3. The van der Waals surface area contributed by atoms with Crippen LogP contribution in [0, 0.1) is 25.7 Å². The highest BCUT2D eigenvalue weighted by Gasteiger charge is 2.41. The van der Waals surface area contributed by atoms with Crippen molar-refractivity contribution in [3.8, 4) is 0 Å². The van der Waals surface area contributed by atoms with Crippen molar-refractivity contribution in [2.75, 3.05) is 36.0 Å². The average Bonchev–Trinajstić information content (AvgIpc) is 3.15. The monoisotopic (exact) mass is 363 g/mol. The molecular formula is C18H20F3N5. The Hall–Kier alpha value is -2.38. The normalized spacial score (nSPS) is 22.8. The second kappa shape index (κ2) is 6.10. The van der Waals surface area contributed by atoms with Gasteiger partial charge in [0.05, 0.1) is 5.56 Å². The topological polar surface area (TPSA) is 45.2 Å². The number of hydrogen-bond acceptors (Lipinski definition) is 5. The molecular weight excluding hydrogens is 343 g/mol. The van der Waals surface area contributed by atoms with Crippen LogP contribution in [0.5, 0.6) is 0 Å². The maximum atomic E-state index is 12.7. The van der Waals surface area contributed by atoms with Crippen LogP contribution in [-0.2, 0) is 6.18 Å². The first-order valence-corrected chi connectivity index (χ1v) is 8.64. The summed E-state index contributed by atoms with van der Waals surface area (Å²) in [4.78, 5) is 17.1. The van der Waals surface area contributed by atoms with E-state index < -0.39 is 11.7 Å². The number of fused-ring (bicyclic) bond motifs is 1. The number of nitrogens with zero attached hydrogens (tertiary/aromatic N) is 5. The Morgan fingerprint density at radius 2 is 1.58 bits per heavy atom. The van der Waals surface area contributed by atoms with Gasteiger partial charge in [-0.15, -0.1) is 0 Å². The molecule has 0 aromatic carbocycles. The van der Waals surface area contributed by atoms with Gasteiger partial charge in [-0.1, -0.05) is 0 Å². The number of alkyl halides is 3. The Balaban J connectivity index is 1.44. The molecule has 2 aromatic heterocycles. The summed E-state index contributed by atoms with van der Waals surface area (Å²) in [6.45, 7) is 7.44. The zero-order chi connectivity index (χ0) is 18.5. The first-order chi connectivity index (χ1) is 12.3. The SMILES string of the molecule is Cc1ncnc(N2CC3CN(c4ccc(C(F)(F)F)cn4)CC3C2)c1C. The third-order valence-corrected chi connectivity index (χ3v) is 5.49. The maximum Gasteiger partial charge on any atom is 0.417 e. The summed E-state index contributed by atoms with van der Waals surface area (Å²) in [5.41, 5.74) is 1.39. The van der Waals surface area contributed by atoms with Crippen molar-refractivity contribution in [3.63, 3.8) is 0 Å². The fourth-order valence-electron chi connectivity index (χ4n) is 3.94. The number of rotatable bonds is 2. The molecule has 0 spiro atoms. The summed E-state index contributed by atoms with van der Waals surface area (Å²) < 4.78 is 38.0. The Labute approximate surface area is 149 Å². The summed E-state index contributed by atoms with van der Waals surface area (Å²) in [7, 11) is 0. The first-order valence-electron chi connectivity index (χ1n) is 8.64. The predicted molar refractivity (Wildman–Crippen MR) is 92.2 cm³/mol. The lowest BCUT2D eigenvalue weighted by molar-refractivity contribution is -0.137. The van der Waals surface area contributed by atoms with Crippen molar-refractivity contribution >= 4 is 11.6 Å². The molecule has 26 heavy (non-hydrogen) atoms. The largest absolute Gasteiger partial charge is 0.417 e. The van der Waals surface area contributed by atoms with Gasteiger partial charge in [0.2, 0.25) is 0 Å². The van der Waals surface area contributed by atoms with E-state index in [1.807, 2.05) is 13.8 Å². The van der Waals surface area contributed by atoms with Crippen LogP contribution in [0.3, 0.4) is 0 Å². The molecule has 5 nitrogen and oxygen atoms in total. The maximum absolute atomic E-state index is 12.7. The molecule has 2 unspecified atom stereocenters. The smallest absolute Gasteiger partial charge is 0.356 e. The van der Waals surface area contributed by atoms with Gasteiger partial charge in [0.25, 0.3) is 0 Å². The lowest BCUT2D eigenvalue weighted by Gasteiger charge is -2.24. The number of halogens is 3. The van der Waals surface area contributed by atoms with E-state index in [1.165, 1.54) is 6.07 Å². The van der Waals surface area contributed by atoms with Gasteiger partial charge in [-0.05, 0) is 26.0 Å². The van der Waals surface area contributed by atoms with Crippen LogP contribution >= 0.6 is 0 Å². The molecule has 138 valence electrons. The van der Waals surface area contributed by atoms with E-state index in [2.05, 4.69) is 24.8 Å². The molecule has 2 aromatic rings. The van der Waals surface area contributed by atoms with Gasteiger partial charge >= 0.3 is 6.18 Å². The van der Waals surface area contributed by atoms with E-state index in [-0.39, 0.29) is 0 Å². The fraction of sp³-hybridized carbons (Fsp3) is 0.500. The minimum absolute atomic E-state index is 0.466. The lowest BCUT2D eigenvalue weighted by Crippen LogP contribution is -2.30. The fourth-order valence-corrected chi connectivity index (χ4v) is 3.94. The predicted octanol–water partition coefficient (Wildman–Crippen LogP) is 3.08. The highest BCUT2D eigenvalue weighted by molar-refractivity contribution is 5.50. The van der Waals surface area contributed by atoms with Crippen LogP contribution in [-0.4, -0.2) is 41.1 Å². The van der Waals surface area contributed by atoms with Crippen LogP contribution in [0.4, 0.5) is 24.8 Å². The van der Waals surface area contributed by atoms with Crippen molar-refractivity contribution in [1.29, 1.82) is 0 Å². The molecule has 4 rings (SSSR count). The lowest BCUT2D eigenvalue weighted by atomic mass is 10.0. The van der Waals surface area contributed by atoms with E-state index in [9.17, 15) is 13.2 Å². The Morgan fingerprint density at radius 1 is 0.923 bits per heavy atom. The number of hydrogen-bond donors (Lipinski definition) is 0. The van der Waals surface area contributed by atoms with Gasteiger partial charge in [0.15, 0.2) is 0 Å². The van der Waals surface area contributed by atoms with E-state index >= 15 is 0 Å². The van der Waals surface area contributed by atoms with Gasteiger partial charge in [-0.3, -0.25) is 0 Å². The molecule has 2 aliphatic heterocycles. The first kappa shape index (κ1) is 17.1. The van der Waals surface area contributed by atoms with Crippen LogP contribution in [0.15, 0.2) is 24.7 Å². The highest BCUT2D eigenvalue weighted by Crippen LogP contribution is 2.36. The molecule has 2 fully saturated rings. The molecule has 0 amide bonds. The summed E-state index contributed by atoms with van der Waals surface area (Å²) in [5, 5.41) is 0. The molecule has 2 saturated heterocycles. The van der Waals surface area contributed by atoms with Gasteiger partial charge < -0.3 is 9.80 Å². The number of aryl methyl sites for hydroxylation is 1. The number of anilines is 2. The van der Waals surface area contributed by atoms with Crippen LogP contribution in [0.1, 0.15) is 16.8 Å². The molecule has 2 aliphatic rings. The second-order valence-corrected chi connectivity index (χ2v) is 7.14. The molecule has 4 heterocycles. The van der Waals surface area contributed by atoms with Crippen LogP contribution < -0.4 is 9.80 Å². The third-order valence-electron chi connectivity index (χ3n) is 5.49. The number of pyridine rings is 1. The van der Waals surface area contributed by atoms with Gasteiger partial charge in [0, 0.05) is 55.5 Å². The summed E-state index contributed by atoms with van der Waals surface area (Å²) >= 11 is 0. The molecule has 0 radical (unpaired) electrons. The quantitative estimate of drug-likeness (QED) is 0.821. The minimum atomic E-state index is -4.35. The third kappa shape index (κ3) is 2.97. The van der Waals surface area contributed by atoms with Gasteiger partial charge in [0.1, 0.15) is 18.0 Å². The van der Waals surface area contributed by atoms with Crippen LogP contribution in [0.25, 0.3) is 0 Å². The molecule has 0 bridgehead atoms. The average molecular weight is 363 g/mol. The molecule has 0 N–H and O–H groups in total. The summed E-state index contributed by atoms with van der Waals surface area (Å²) in [5.74, 6) is 2.54. The zero-order valence-corrected chi connectivity index (χ0v) is 14.7. The Kier molecular flexibility index (Phi) is 4.00. The van der Waals surface area contributed by atoms with Crippen molar-refractivity contribution in [3.05, 3.63) is 41.5 Å². The van der Waals surface area contributed by atoms with Crippen LogP contribution in [0.2, 0.25) is 0 Å².